The maximum absolute atomic E-state index is 12.3. The number of rotatable bonds is 4. The molecule has 0 aromatic heterocycles. The van der Waals surface area contributed by atoms with E-state index in [1.807, 2.05) is 6.07 Å². The molecule has 1 heterocycles. The van der Waals surface area contributed by atoms with Crippen LogP contribution in [0.2, 0.25) is 0 Å². The maximum atomic E-state index is 12.3. The number of urea groups is 1. The van der Waals surface area contributed by atoms with Gasteiger partial charge < -0.3 is 19.5 Å². The Morgan fingerprint density at radius 2 is 1.84 bits per heavy atom. The molecule has 1 aliphatic heterocycles. The number of methoxy groups -OCH3 is 2. The highest BCUT2D eigenvalue weighted by molar-refractivity contribution is 5.99. The second-order valence-corrected chi connectivity index (χ2v) is 5.39. The van der Waals surface area contributed by atoms with E-state index in [9.17, 15) is 9.59 Å². The van der Waals surface area contributed by atoms with Gasteiger partial charge in [0.2, 0.25) is 0 Å². The molecule has 130 valence electrons. The van der Waals surface area contributed by atoms with E-state index >= 15 is 0 Å². The van der Waals surface area contributed by atoms with Gasteiger partial charge in [-0.3, -0.25) is 0 Å². The predicted molar refractivity (Wildman–Crippen MR) is 90.9 cm³/mol. The van der Waals surface area contributed by atoms with Gasteiger partial charge in [0.25, 0.3) is 0 Å². The number of cyclic esters (lactones) is 1. The number of imide groups is 1. The number of ether oxygens (including phenoxy) is 3. The molecule has 1 fully saturated rings. The second-order valence-electron chi connectivity index (χ2n) is 5.39. The van der Waals surface area contributed by atoms with E-state index in [1.54, 1.807) is 49.6 Å². The topological polar surface area (TPSA) is 77.1 Å². The quantitative estimate of drug-likeness (QED) is 0.921. The minimum atomic E-state index is -0.687. The van der Waals surface area contributed by atoms with Crippen molar-refractivity contribution in [3.05, 3.63) is 54.1 Å². The van der Waals surface area contributed by atoms with Crippen LogP contribution < -0.4 is 14.8 Å². The van der Waals surface area contributed by atoms with Crippen LogP contribution in [-0.4, -0.2) is 37.8 Å². The third-order valence-electron chi connectivity index (χ3n) is 3.86. The van der Waals surface area contributed by atoms with Gasteiger partial charge in [-0.05, 0) is 29.8 Å². The van der Waals surface area contributed by atoms with Gasteiger partial charge in [0.05, 0.1) is 20.8 Å². The van der Waals surface area contributed by atoms with E-state index in [0.29, 0.717) is 17.2 Å². The molecule has 0 bridgehead atoms. The minimum Gasteiger partial charge on any atom is -0.493 e. The molecule has 3 rings (SSSR count). The summed E-state index contributed by atoms with van der Waals surface area (Å²) >= 11 is 0. The standard InChI is InChI=1S/C18H18N2O5/c1-23-14-9-8-12(10-15(14)24-2)16-11-20(18(22)25-16)17(21)19-13-6-4-3-5-7-13/h3-10,16H,11H2,1-2H3,(H,19,21). The van der Waals surface area contributed by atoms with Crippen LogP contribution >= 0.6 is 0 Å². The average molecular weight is 342 g/mol. The van der Waals surface area contributed by atoms with Crippen LogP contribution in [0.4, 0.5) is 15.3 Å². The highest BCUT2D eigenvalue weighted by atomic mass is 16.6. The molecule has 7 heteroatoms. The molecule has 1 N–H and O–H groups in total. The van der Waals surface area contributed by atoms with E-state index < -0.39 is 18.2 Å². The number of anilines is 1. The van der Waals surface area contributed by atoms with Crippen LogP contribution in [0.15, 0.2) is 48.5 Å². The van der Waals surface area contributed by atoms with Gasteiger partial charge in [0.1, 0.15) is 6.10 Å². The summed E-state index contributed by atoms with van der Waals surface area (Å²) < 4.78 is 15.8. The van der Waals surface area contributed by atoms with Crippen LogP contribution in [-0.2, 0) is 4.74 Å². The highest BCUT2D eigenvalue weighted by Crippen LogP contribution is 2.33. The Balaban J connectivity index is 1.73. The van der Waals surface area contributed by atoms with Gasteiger partial charge in [-0.1, -0.05) is 24.3 Å². The van der Waals surface area contributed by atoms with Gasteiger partial charge in [0, 0.05) is 5.69 Å². The Kier molecular flexibility index (Phi) is 4.74. The predicted octanol–water partition coefficient (Wildman–Crippen LogP) is 3.43. The summed E-state index contributed by atoms with van der Waals surface area (Å²) in [5.41, 5.74) is 1.33. The molecule has 0 radical (unpaired) electrons. The number of amides is 3. The van der Waals surface area contributed by atoms with Crippen LogP contribution in [0.5, 0.6) is 11.5 Å². The van der Waals surface area contributed by atoms with Gasteiger partial charge in [-0.2, -0.15) is 0 Å². The summed E-state index contributed by atoms with van der Waals surface area (Å²) in [5, 5.41) is 2.67. The molecule has 25 heavy (non-hydrogen) atoms. The lowest BCUT2D eigenvalue weighted by molar-refractivity contribution is 0.134. The maximum Gasteiger partial charge on any atom is 0.418 e. The van der Waals surface area contributed by atoms with E-state index in [1.165, 1.54) is 7.11 Å². The summed E-state index contributed by atoms with van der Waals surface area (Å²) in [6.45, 7) is 0.118. The van der Waals surface area contributed by atoms with Crippen LogP contribution in [0.25, 0.3) is 0 Å². The lowest BCUT2D eigenvalue weighted by Crippen LogP contribution is -2.35. The van der Waals surface area contributed by atoms with Crippen molar-refractivity contribution in [1.82, 2.24) is 4.90 Å². The van der Waals surface area contributed by atoms with Crippen molar-refractivity contribution < 1.29 is 23.8 Å². The van der Waals surface area contributed by atoms with Crippen molar-refractivity contribution >= 4 is 17.8 Å². The summed E-state index contributed by atoms with van der Waals surface area (Å²) in [5.74, 6) is 1.11. The normalized spacial score (nSPS) is 16.3. The Labute approximate surface area is 145 Å². The van der Waals surface area contributed by atoms with Gasteiger partial charge >= 0.3 is 12.1 Å². The first-order valence-electron chi connectivity index (χ1n) is 7.68. The summed E-state index contributed by atoms with van der Waals surface area (Å²) in [4.78, 5) is 25.4. The summed E-state index contributed by atoms with van der Waals surface area (Å²) in [6.07, 6.45) is -1.25. The second kappa shape index (κ2) is 7.12. The average Bonchev–Trinajstić information content (AvgIpc) is 3.03. The molecule has 3 amide bonds. The molecular weight excluding hydrogens is 324 g/mol. The number of carbonyl (C=O) groups excluding carboxylic acids is 2. The fraction of sp³-hybridized carbons (Fsp3) is 0.222. The Bertz CT molecular complexity index is 778. The molecule has 0 saturated carbocycles. The van der Waals surface area contributed by atoms with Crippen molar-refractivity contribution in [1.29, 1.82) is 0 Å². The van der Waals surface area contributed by atoms with Crippen LogP contribution in [0.3, 0.4) is 0 Å². The number of carbonyl (C=O) groups is 2. The molecule has 1 saturated heterocycles. The van der Waals surface area contributed by atoms with E-state index in [4.69, 9.17) is 14.2 Å². The molecule has 1 atom stereocenters. The molecule has 0 spiro atoms. The van der Waals surface area contributed by atoms with Gasteiger partial charge in [-0.25, -0.2) is 14.5 Å². The van der Waals surface area contributed by atoms with E-state index in [2.05, 4.69) is 5.32 Å². The van der Waals surface area contributed by atoms with Crippen molar-refractivity contribution in [2.45, 2.75) is 6.10 Å². The first-order valence-corrected chi connectivity index (χ1v) is 7.68. The number of hydrogen-bond donors (Lipinski definition) is 1. The fourth-order valence-electron chi connectivity index (χ4n) is 2.57. The van der Waals surface area contributed by atoms with Crippen LogP contribution in [0.1, 0.15) is 11.7 Å². The molecule has 7 nitrogen and oxygen atoms in total. The van der Waals surface area contributed by atoms with Crippen molar-refractivity contribution in [2.24, 2.45) is 0 Å². The van der Waals surface area contributed by atoms with Gasteiger partial charge in [0.15, 0.2) is 11.5 Å². The van der Waals surface area contributed by atoms with E-state index in [0.717, 1.165) is 10.5 Å². The minimum absolute atomic E-state index is 0.118. The van der Waals surface area contributed by atoms with Crippen LogP contribution in [0, 0.1) is 0 Å². The third-order valence-corrected chi connectivity index (χ3v) is 3.86. The number of nitrogens with zero attached hydrogens (tertiary/aromatic N) is 1. The number of nitrogens with one attached hydrogen (secondary N) is 1. The van der Waals surface area contributed by atoms with Crippen molar-refractivity contribution in [2.75, 3.05) is 26.1 Å². The number of benzene rings is 2. The zero-order chi connectivity index (χ0) is 17.8. The van der Waals surface area contributed by atoms with Crippen molar-refractivity contribution in [3.63, 3.8) is 0 Å². The summed E-state index contributed by atoms with van der Waals surface area (Å²) in [6, 6.07) is 13.6. The van der Waals surface area contributed by atoms with Crippen molar-refractivity contribution in [3.8, 4) is 11.5 Å². The first-order chi connectivity index (χ1) is 12.1. The number of hydrogen-bond acceptors (Lipinski definition) is 5. The molecular formula is C18H18N2O5. The number of para-hydroxylation sites is 1. The lowest BCUT2D eigenvalue weighted by Gasteiger charge is -2.13. The monoisotopic (exact) mass is 342 g/mol. The molecule has 0 aliphatic carbocycles. The molecule has 1 aliphatic rings. The SMILES string of the molecule is COc1ccc(C2CN(C(=O)Nc3ccccc3)C(=O)O2)cc1OC. The van der Waals surface area contributed by atoms with E-state index in [-0.39, 0.29) is 6.54 Å². The summed E-state index contributed by atoms with van der Waals surface area (Å²) in [7, 11) is 3.07. The largest absolute Gasteiger partial charge is 0.493 e. The fourth-order valence-corrected chi connectivity index (χ4v) is 2.57. The highest BCUT2D eigenvalue weighted by Gasteiger charge is 2.37. The molecule has 2 aromatic rings. The smallest absolute Gasteiger partial charge is 0.418 e. The Hall–Kier alpha value is -3.22. The third kappa shape index (κ3) is 3.50. The van der Waals surface area contributed by atoms with Gasteiger partial charge in [-0.15, -0.1) is 0 Å². The zero-order valence-corrected chi connectivity index (χ0v) is 13.9. The lowest BCUT2D eigenvalue weighted by atomic mass is 10.1. The Morgan fingerprint density at radius 3 is 2.52 bits per heavy atom. The molecule has 2 aromatic carbocycles. The zero-order valence-electron chi connectivity index (χ0n) is 13.9. The first kappa shape index (κ1) is 16.6. The Morgan fingerprint density at radius 1 is 1.12 bits per heavy atom. The molecule has 1 unspecified atom stereocenters.